The van der Waals surface area contributed by atoms with E-state index in [1.54, 1.807) is 0 Å². The van der Waals surface area contributed by atoms with Crippen LogP contribution in [-0.4, -0.2) is 31.3 Å². The average Bonchev–Trinajstić information content (AvgIpc) is 2.99. The summed E-state index contributed by atoms with van der Waals surface area (Å²) < 4.78 is 0.924. The summed E-state index contributed by atoms with van der Waals surface area (Å²) in [6.07, 6.45) is 0.262. The molecule has 8 nitrogen and oxygen atoms in total. The lowest BCUT2D eigenvalue weighted by Crippen LogP contribution is -2.32. The summed E-state index contributed by atoms with van der Waals surface area (Å²) in [6, 6.07) is 8.93. The van der Waals surface area contributed by atoms with Gasteiger partial charge in [-0.2, -0.15) is 5.10 Å². The summed E-state index contributed by atoms with van der Waals surface area (Å²) in [4.78, 5) is 37.7. The predicted octanol–water partition coefficient (Wildman–Crippen LogP) is 0.477. The molecule has 8 heteroatoms. The molecular formula is C16H16N4O4. The maximum atomic E-state index is 12.1. The number of carbonyl (C=O) groups excluding carboxylic acids is 1. The number of H-pyrrole nitrogens is 1. The van der Waals surface area contributed by atoms with Crippen LogP contribution in [0.4, 0.5) is 0 Å². The Kier molecular flexibility index (Phi) is 3.80. The molecule has 124 valence electrons. The Labute approximate surface area is 136 Å². The lowest BCUT2D eigenvalue weighted by atomic mass is 9.99. The van der Waals surface area contributed by atoms with Crippen LogP contribution in [0, 0.1) is 0 Å². The maximum absolute atomic E-state index is 12.1. The lowest BCUT2D eigenvalue weighted by Gasteiger charge is -2.20. The minimum Gasteiger partial charge on any atom is -0.494 e. The Bertz CT molecular complexity index is 943. The van der Waals surface area contributed by atoms with Gasteiger partial charge in [0.05, 0.1) is 11.8 Å². The van der Waals surface area contributed by atoms with E-state index in [1.165, 1.54) is 19.0 Å². The highest BCUT2D eigenvalue weighted by Gasteiger charge is 2.34. The number of benzene rings is 1. The molecule has 0 saturated heterocycles. The van der Waals surface area contributed by atoms with Crippen molar-refractivity contribution in [1.29, 1.82) is 0 Å². The first-order chi connectivity index (χ1) is 11.4. The van der Waals surface area contributed by atoms with Crippen molar-refractivity contribution in [3.8, 4) is 5.88 Å². The predicted molar refractivity (Wildman–Crippen MR) is 86.8 cm³/mol. The minimum atomic E-state index is -0.730. The highest BCUT2D eigenvalue weighted by Crippen LogP contribution is 2.33. The number of nitrogens with one attached hydrogen (secondary N) is 1. The van der Waals surface area contributed by atoms with Gasteiger partial charge in [0.1, 0.15) is 5.56 Å². The molecule has 0 fully saturated rings. The number of carbonyl (C=O) groups is 1. The van der Waals surface area contributed by atoms with Gasteiger partial charge in [0, 0.05) is 20.4 Å². The van der Waals surface area contributed by atoms with Crippen molar-refractivity contribution in [3.63, 3.8) is 0 Å². The van der Waals surface area contributed by atoms with Crippen LogP contribution in [0.3, 0.4) is 0 Å². The Morgan fingerprint density at radius 3 is 2.58 bits per heavy atom. The van der Waals surface area contributed by atoms with E-state index >= 15 is 0 Å². The number of aromatic nitrogens is 2. The number of hydrogen-bond acceptors (Lipinski definition) is 5. The quantitative estimate of drug-likeness (QED) is 0.835. The lowest BCUT2D eigenvalue weighted by molar-refractivity contribution is -0.130. The molecule has 1 amide bonds. The van der Waals surface area contributed by atoms with Gasteiger partial charge in [-0.25, -0.2) is 9.80 Å². The van der Waals surface area contributed by atoms with E-state index < -0.39 is 17.1 Å². The molecule has 2 heterocycles. The van der Waals surface area contributed by atoms with E-state index in [1.807, 2.05) is 30.3 Å². The zero-order valence-corrected chi connectivity index (χ0v) is 13.2. The third-order valence-electron chi connectivity index (χ3n) is 4.00. The molecular weight excluding hydrogens is 312 g/mol. The Morgan fingerprint density at radius 2 is 1.96 bits per heavy atom. The molecule has 1 aliphatic heterocycles. The van der Waals surface area contributed by atoms with Gasteiger partial charge in [-0.3, -0.25) is 19.1 Å². The highest BCUT2D eigenvalue weighted by atomic mass is 16.3. The molecule has 3 rings (SSSR count). The van der Waals surface area contributed by atoms with Gasteiger partial charge in [-0.15, -0.1) is 0 Å². The molecule has 0 radical (unpaired) electrons. The van der Waals surface area contributed by atoms with Crippen molar-refractivity contribution in [3.05, 3.63) is 62.3 Å². The minimum absolute atomic E-state index is 0.0956. The molecule has 1 atom stereocenters. The fourth-order valence-electron chi connectivity index (χ4n) is 2.76. The van der Waals surface area contributed by atoms with Crippen LogP contribution in [0.2, 0.25) is 0 Å². The molecule has 0 aliphatic carbocycles. The van der Waals surface area contributed by atoms with Crippen molar-refractivity contribution >= 4 is 11.6 Å². The van der Waals surface area contributed by atoms with Crippen LogP contribution < -0.4 is 11.2 Å². The number of amides is 1. The zero-order chi connectivity index (χ0) is 17.4. The Hall–Kier alpha value is -3.16. The summed E-state index contributed by atoms with van der Waals surface area (Å²) in [5, 5.41) is 15.7. The molecule has 1 aliphatic rings. The standard InChI is InChI=1S/C16H16N4O4/c1-9(21)20-12(10-6-4-3-5-7-10)8-11(18-20)13-14(22)17-16(24)19(2)15(13)23/h3-7,12,23H,8H2,1-2H3,(H,17,22,24)/t12-/m0/s1. The Morgan fingerprint density at radius 1 is 1.29 bits per heavy atom. The molecule has 2 aromatic rings. The largest absolute Gasteiger partial charge is 0.494 e. The molecule has 0 saturated carbocycles. The number of hydrogen-bond donors (Lipinski definition) is 2. The van der Waals surface area contributed by atoms with E-state index in [2.05, 4.69) is 10.1 Å². The summed E-state index contributed by atoms with van der Waals surface area (Å²) in [5.41, 5.74) is -0.420. The fourth-order valence-corrected chi connectivity index (χ4v) is 2.76. The van der Waals surface area contributed by atoms with E-state index in [4.69, 9.17) is 0 Å². The first-order valence-corrected chi connectivity index (χ1v) is 7.35. The van der Waals surface area contributed by atoms with Crippen LogP contribution >= 0.6 is 0 Å². The second kappa shape index (κ2) is 5.80. The first kappa shape index (κ1) is 15.7. The van der Waals surface area contributed by atoms with E-state index in [0.717, 1.165) is 10.1 Å². The second-order valence-electron chi connectivity index (χ2n) is 5.56. The van der Waals surface area contributed by atoms with Crippen molar-refractivity contribution < 1.29 is 9.90 Å². The van der Waals surface area contributed by atoms with Crippen molar-refractivity contribution in [2.24, 2.45) is 12.1 Å². The van der Waals surface area contributed by atoms with E-state index in [-0.39, 0.29) is 29.6 Å². The average molecular weight is 328 g/mol. The first-order valence-electron chi connectivity index (χ1n) is 7.35. The van der Waals surface area contributed by atoms with Gasteiger partial charge in [-0.1, -0.05) is 30.3 Å². The summed E-state index contributed by atoms with van der Waals surface area (Å²) in [6.45, 7) is 1.38. The number of rotatable bonds is 2. The fraction of sp³-hybridized carbons (Fsp3) is 0.250. The normalized spacial score (nSPS) is 17.0. The number of aromatic hydroxyl groups is 1. The third kappa shape index (κ3) is 2.51. The zero-order valence-electron chi connectivity index (χ0n) is 13.2. The van der Waals surface area contributed by atoms with Crippen LogP contribution in [-0.2, 0) is 11.8 Å². The van der Waals surface area contributed by atoms with Crippen LogP contribution in [0.1, 0.15) is 30.5 Å². The van der Waals surface area contributed by atoms with E-state index in [9.17, 15) is 19.5 Å². The highest BCUT2D eigenvalue weighted by molar-refractivity contribution is 6.04. The molecule has 0 spiro atoms. The summed E-state index contributed by atoms with van der Waals surface area (Å²) in [7, 11) is 1.34. The van der Waals surface area contributed by atoms with Crippen molar-refractivity contribution in [2.75, 3.05) is 0 Å². The van der Waals surface area contributed by atoms with Gasteiger partial charge in [0.25, 0.3) is 5.56 Å². The second-order valence-corrected chi connectivity index (χ2v) is 5.56. The summed E-state index contributed by atoms with van der Waals surface area (Å²) >= 11 is 0. The van der Waals surface area contributed by atoms with Gasteiger partial charge in [0.2, 0.25) is 11.8 Å². The monoisotopic (exact) mass is 328 g/mol. The third-order valence-corrected chi connectivity index (χ3v) is 4.00. The van der Waals surface area contributed by atoms with Gasteiger partial charge in [0.15, 0.2) is 0 Å². The van der Waals surface area contributed by atoms with Crippen molar-refractivity contribution in [1.82, 2.24) is 14.6 Å². The van der Waals surface area contributed by atoms with Crippen LogP contribution in [0.15, 0.2) is 45.0 Å². The number of nitrogens with zero attached hydrogens (tertiary/aromatic N) is 3. The SMILES string of the molecule is CC(=O)N1N=C(c2c(O)n(C)c(=O)[nH]c2=O)C[C@H]1c1ccccc1. The molecule has 24 heavy (non-hydrogen) atoms. The molecule has 2 N–H and O–H groups in total. The number of aromatic amines is 1. The van der Waals surface area contributed by atoms with Crippen molar-refractivity contribution in [2.45, 2.75) is 19.4 Å². The molecule has 0 bridgehead atoms. The smallest absolute Gasteiger partial charge is 0.330 e. The Balaban J connectivity index is 2.10. The number of hydrazone groups is 1. The van der Waals surface area contributed by atoms with Gasteiger partial charge >= 0.3 is 5.69 Å². The van der Waals surface area contributed by atoms with Gasteiger partial charge < -0.3 is 5.11 Å². The molecule has 1 aromatic carbocycles. The molecule has 1 aromatic heterocycles. The topological polar surface area (TPSA) is 108 Å². The van der Waals surface area contributed by atoms with E-state index in [0.29, 0.717) is 0 Å². The summed E-state index contributed by atoms with van der Waals surface area (Å²) in [5.74, 6) is -0.751. The molecule has 0 unspecified atom stereocenters. The maximum Gasteiger partial charge on any atom is 0.330 e. The van der Waals surface area contributed by atoms with Gasteiger partial charge in [-0.05, 0) is 5.56 Å². The van der Waals surface area contributed by atoms with Crippen LogP contribution in [0.5, 0.6) is 5.88 Å². The van der Waals surface area contributed by atoms with Crippen LogP contribution in [0.25, 0.3) is 0 Å².